The van der Waals surface area contributed by atoms with Crippen LogP contribution in [0.1, 0.15) is 11.1 Å². The van der Waals surface area contributed by atoms with Crippen molar-refractivity contribution in [3.8, 4) is 11.4 Å². The molecule has 26 heavy (non-hydrogen) atoms. The second kappa shape index (κ2) is 8.33. The first kappa shape index (κ1) is 18.4. The number of amides is 1. The van der Waals surface area contributed by atoms with Crippen LogP contribution in [0.3, 0.4) is 0 Å². The fraction of sp³-hybridized carbons (Fsp3) is 0.294. The Labute approximate surface area is 160 Å². The van der Waals surface area contributed by atoms with E-state index in [-0.39, 0.29) is 11.7 Å². The third-order valence-electron chi connectivity index (χ3n) is 3.75. The van der Waals surface area contributed by atoms with Crippen molar-refractivity contribution in [2.75, 3.05) is 19.9 Å². The maximum atomic E-state index is 12.4. The van der Waals surface area contributed by atoms with E-state index >= 15 is 0 Å². The zero-order valence-electron chi connectivity index (χ0n) is 14.7. The van der Waals surface area contributed by atoms with Crippen molar-refractivity contribution in [1.82, 2.24) is 25.1 Å². The summed E-state index contributed by atoms with van der Waals surface area (Å²) in [7, 11) is 3.40. The van der Waals surface area contributed by atoms with Crippen LogP contribution in [0.25, 0.3) is 5.69 Å². The fourth-order valence-corrected chi connectivity index (χ4v) is 3.85. The monoisotopic (exact) mass is 389 g/mol. The van der Waals surface area contributed by atoms with Crippen molar-refractivity contribution < 1.29 is 9.53 Å². The molecule has 0 unspecified atom stereocenters. The van der Waals surface area contributed by atoms with E-state index in [9.17, 15) is 4.79 Å². The van der Waals surface area contributed by atoms with Crippen LogP contribution in [-0.4, -0.2) is 50.9 Å². The number of rotatable bonds is 7. The van der Waals surface area contributed by atoms with Gasteiger partial charge >= 0.3 is 0 Å². The topological polar surface area (TPSA) is 73.1 Å². The van der Waals surface area contributed by atoms with Crippen molar-refractivity contribution >= 4 is 29.0 Å². The average Bonchev–Trinajstić information content (AvgIpc) is 3.31. The first-order chi connectivity index (χ1) is 12.6. The largest absolute Gasteiger partial charge is 0.494 e. The number of thioether (sulfide) groups is 1. The number of benzene rings is 1. The number of carbonyl (C=O) groups is 1. The van der Waals surface area contributed by atoms with Gasteiger partial charge in [0, 0.05) is 13.6 Å². The van der Waals surface area contributed by atoms with Crippen LogP contribution in [0.15, 0.2) is 40.2 Å². The van der Waals surface area contributed by atoms with E-state index in [0.717, 1.165) is 16.8 Å². The molecular formula is C17H19N5O2S2. The summed E-state index contributed by atoms with van der Waals surface area (Å²) in [6, 6.07) is 7.80. The highest BCUT2D eigenvalue weighted by Gasteiger charge is 2.17. The summed E-state index contributed by atoms with van der Waals surface area (Å²) in [6.07, 6.45) is 0. The van der Waals surface area contributed by atoms with Crippen LogP contribution >= 0.6 is 23.1 Å². The molecule has 0 aliphatic carbocycles. The van der Waals surface area contributed by atoms with E-state index in [1.807, 2.05) is 41.9 Å². The highest BCUT2D eigenvalue weighted by Crippen LogP contribution is 2.27. The standard InChI is InChI=1S/C17H19N5O2S2/c1-12-4-5-15(24-3)14(8-12)22-17(18-19-20-22)26-11-16(23)21(2)9-13-6-7-25-10-13/h4-8,10H,9,11H2,1-3H3. The maximum Gasteiger partial charge on any atom is 0.233 e. The molecule has 0 saturated carbocycles. The Kier molecular flexibility index (Phi) is 5.89. The van der Waals surface area contributed by atoms with Gasteiger partial charge in [-0.25, -0.2) is 0 Å². The minimum absolute atomic E-state index is 0.0203. The minimum Gasteiger partial charge on any atom is -0.494 e. The van der Waals surface area contributed by atoms with Gasteiger partial charge in [-0.1, -0.05) is 17.8 Å². The molecule has 0 radical (unpaired) electrons. The van der Waals surface area contributed by atoms with E-state index < -0.39 is 0 Å². The molecule has 2 aromatic heterocycles. The fourth-order valence-electron chi connectivity index (χ4n) is 2.37. The lowest BCUT2D eigenvalue weighted by Gasteiger charge is -2.16. The third kappa shape index (κ3) is 4.23. The van der Waals surface area contributed by atoms with Gasteiger partial charge in [0.1, 0.15) is 11.4 Å². The summed E-state index contributed by atoms with van der Waals surface area (Å²) in [5, 5.41) is 16.4. The molecule has 0 atom stereocenters. The third-order valence-corrected chi connectivity index (χ3v) is 5.39. The van der Waals surface area contributed by atoms with Gasteiger partial charge in [-0.15, -0.1) is 5.10 Å². The second-order valence-corrected chi connectivity index (χ2v) is 7.44. The Balaban J connectivity index is 1.70. The molecular weight excluding hydrogens is 370 g/mol. The zero-order chi connectivity index (χ0) is 18.5. The molecule has 3 aromatic rings. The number of carbonyl (C=O) groups excluding carboxylic acids is 1. The average molecular weight is 390 g/mol. The smallest absolute Gasteiger partial charge is 0.233 e. The van der Waals surface area contributed by atoms with E-state index in [2.05, 4.69) is 15.5 Å². The number of hydrogen-bond acceptors (Lipinski definition) is 7. The van der Waals surface area contributed by atoms with Crippen LogP contribution in [0.2, 0.25) is 0 Å². The van der Waals surface area contributed by atoms with Crippen molar-refractivity contribution in [2.45, 2.75) is 18.6 Å². The van der Waals surface area contributed by atoms with E-state index in [0.29, 0.717) is 17.5 Å². The lowest BCUT2D eigenvalue weighted by Crippen LogP contribution is -2.27. The van der Waals surface area contributed by atoms with Gasteiger partial charge in [-0.3, -0.25) is 4.79 Å². The number of thiophene rings is 1. The highest BCUT2D eigenvalue weighted by molar-refractivity contribution is 7.99. The Morgan fingerprint density at radius 1 is 1.38 bits per heavy atom. The number of nitrogens with zero attached hydrogens (tertiary/aromatic N) is 5. The molecule has 136 valence electrons. The molecule has 3 rings (SSSR count). The van der Waals surface area contributed by atoms with Gasteiger partial charge in [0.15, 0.2) is 0 Å². The van der Waals surface area contributed by atoms with Crippen LogP contribution in [0.4, 0.5) is 0 Å². The predicted molar refractivity (Wildman–Crippen MR) is 102 cm³/mol. The number of aryl methyl sites for hydroxylation is 1. The van der Waals surface area contributed by atoms with Crippen LogP contribution in [-0.2, 0) is 11.3 Å². The van der Waals surface area contributed by atoms with Gasteiger partial charge in [0.2, 0.25) is 11.1 Å². The van der Waals surface area contributed by atoms with E-state index in [4.69, 9.17) is 4.74 Å². The van der Waals surface area contributed by atoms with Gasteiger partial charge in [-0.2, -0.15) is 16.0 Å². The molecule has 0 aliphatic heterocycles. The van der Waals surface area contributed by atoms with Gasteiger partial charge in [0.05, 0.1) is 12.9 Å². The lowest BCUT2D eigenvalue weighted by molar-refractivity contribution is -0.127. The second-order valence-electron chi connectivity index (χ2n) is 5.72. The SMILES string of the molecule is COc1ccc(C)cc1-n1nnnc1SCC(=O)N(C)Cc1ccsc1. The molecule has 2 heterocycles. The van der Waals surface area contributed by atoms with Crippen molar-refractivity contribution in [2.24, 2.45) is 0 Å². The molecule has 0 spiro atoms. The Morgan fingerprint density at radius 3 is 2.96 bits per heavy atom. The number of ether oxygens (including phenoxy) is 1. The summed E-state index contributed by atoms with van der Waals surface area (Å²) >= 11 is 2.93. The molecule has 9 heteroatoms. The predicted octanol–water partition coefficient (Wildman–Crippen LogP) is 2.79. The molecule has 0 fully saturated rings. The summed E-state index contributed by atoms with van der Waals surface area (Å²) in [5.41, 5.74) is 2.95. The van der Waals surface area contributed by atoms with Crippen molar-refractivity contribution in [3.05, 3.63) is 46.2 Å². The normalized spacial score (nSPS) is 10.7. The van der Waals surface area contributed by atoms with E-state index in [1.54, 1.807) is 35.1 Å². The summed E-state index contributed by atoms with van der Waals surface area (Å²) in [4.78, 5) is 14.1. The molecule has 0 saturated heterocycles. The number of methoxy groups -OCH3 is 1. The van der Waals surface area contributed by atoms with Crippen LogP contribution < -0.4 is 4.74 Å². The van der Waals surface area contributed by atoms with Crippen LogP contribution in [0, 0.1) is 6.92 Å². The van der Waals surface area contributed by atoms with E-state index in [1.165, 1.54) is 11.8 Å². The van der Waals surface area contributed by atoms with Crippen molar-refractivity contribution in [3.63, 3.8) is 0 Å². The minimum atomic E-state index is 0.0203. The first-order valence-corrected chi connectivity index (χ1v) is 9.82. The highest BCUT2D eigenvalue weighted by atomic mass is 32.2. The maximum absolute atomic E-state index is 12.4. The number of aromatic nitrogens is 4. The Morgan fingerprint density at radius 2 is 2.23 bits per heavy atom. The number of tetrazole rings is 1. The van der Waals surface area contributed by atoms with Crippen molar-refractivity contribution in [1.29, 1.82) is 0 Å². The summed E-state index contributed by atoms with van der Waals surface area (Å²) < 4.78 is 7.00. The summed E-state index contributed by atoms with van der Waals surface area (Å²) in [6.45, 7) is 2.59. The number of hydrogen-bond donors (Lipinski definition) is 0. The van der Waals surface area contributed by atoms with Crippen LogP contribution in [0.5, 0.6) is 5.75 Å². The quantitative estimate of drug-likeness (QED) is 0.579. The molecule has 0 aliphatic rings. The van der Waals surface area contributed by atoms with Gasteiger partial charge in [-0.05, 0) is 57.4 Å². The van der Waals surface area contributed by atoms with Gasteiger partial charge in [0.25, 0.3) is 0 Å². The Hall–Kier alpha value is -2.39. The Bertz CT molecular complexity index is 879. The molecule has 1 aromatic carbocycles. The lowest BCUT2D eigenvalue weighted by atomic mass is 10.2. The molecule has 0 N–H and O–H groups in total. The first-order valence-electron chi connectivity index (χ1n) is 7.89. The van der Waals surface area contributed by atoms with Gasteiger partial charge < -0.3 is 9.64 Å². The summed E-state index contributed by atoms with van der Waals surface area (Å²) in [5.74, 6) is 0.951. The molecule has 7 nitrogen and oxygen atoms in total. The molecule has 0 bridgehead atoms. The zero-order valence-corrected chi connectivity index (χ0v) is 16.4. The molecule has 1 amide bonds.